The zero-order valence-corrected chi connectivity index (χ0v) is 21.8. The molecule has 3 rings (SSSR count). The van der Waals surface area contributed by atoms with Gasteiger partial charge in [-0.3, -0.25) is 4.79 Å². The number of carbonyl (C=O) groups is 1. The highest BCUT2D eigenvalue weighted by Crippen LogP contribution is 2.26. The maximum atomic E-state index is 13.4. The van der Waals surface area contributed by atoms with Gasteiger partial charge in [0.1, 0.15) is 11.6 Å². The molecule has 1 aromatic heterocycles. The number of rotatable bonds is 8. The van der Waals surface area contributed by atoms with E-state index in [-0.39, 0.29) is 11.5 Å². The zero-order chi connectivity index (χ0) is 25.0. The molecule has 0 radical (unpaired) electrons. The number of carbonyl (C=O) groups excluding carboxylic acids is 1. The Hall–Kier alpha value is -3.20. The first kappa shape index (κ1) is 25.4. The molecule has 0 saturated heterocycles. The molecule has 0 aliphatic carbocycles. The lowest BCUT2D eigenvalue weighted by atomic mass is 10.1. The number of halogens is 1. The molecular weight excluding hydrogens is 500 g/mol. The predicted molar refractivity (Wildman–Crippen MR) is 138 cm³/mol. The monoisotopic (exact) mass is 528 g/mol. The first-order valence-corrected chi connectivity index (χ1v) is 11.8. The highest BCUT2D eigenvalue weighted by atomic mass is 79.9. The second kappa shape index (κ2) is 10.8. The Morgan fingerprint density at radius 1 is 1.24 bits per heavy atom. The Labute approximate surface area is 207 Å². The topological polar surface area (TPSA) is 86.0 Å². The number of aromatic nitrogens is 2. The van der Waals surface area contributed by atoms with Gasteiger partial charge in [-0.05, 0) is 43.7 Å². The second-order valence-corrected chi connectivity index (χ2v) is 9.12. The molecule has 0 aliphatic heterocycles. The largest absolute Gasteiger partial charge is 0.478 e. The quantitative estimate of drug-likeness (QED) is 0.314. The number of esters is 1. The van der Waals surface area contributed by atoms with Crippen molar-refractivity contribution in [3.8, 4) is 5.75 Å². The number of hydrogen-bond acceptors (Lipinski definition) is 7. The molecule has 1 heterocycles. The van der Waals surface area contributed by atoms with Crippen molar-refractivity contribution in [2.75, 3.05) is 26.1 Å². The summed E-state index contributed by atoms with van der Waals surface area (Å²) >= 11 is 3.42. The highest BCUT2D eigenvalue weighted by Gasteiger charge is 2.18. The zero-order valence-electron chi connectivity index (χ0n) is 20.2. The van der Waals surface area contributed by atoms with Gasteiger partial charge in [-0.15, -0.1) is 0 Å². The van der Waals surface area contributed by atoms with Gasteiger partial charge >= 0.3 is 5.97 Å². The van der Waals surface area contributed by atoms with E-state index in [4.69, 9.17) is 14.5 Å². The molecule has 0 bridgehead atoms. The maximum absolute atomic E-state index is 13.4. The van der Waals surface area contributed by atoms with E-state index in [0.717, 1.165) is 16.6 Å². The third-order valence-electron chi connectivity index (χ3n) is 5.55. The van der Waals surface area contributed by atoms with Crippen molar-refractivity contribution in [3.05, 3.63) is 62.6 Å². The molecule has 3 aromatic rings. The summed E-state index contributed by atoms with van der Waals surface area (Å²) in [6.07, 6.45) is 1.54. The summed E-state index contributed by atoms with van der Waals surface area (Å²) in [7, 11) is 5.13. The molecule has 0 aliphatic rings. The lowest BCUT2D eigenvalue weighted by Crippen LogP contribution is -2.26. The van der Waals surface area contributed by atoms with E-state index >= 15 is 0 Å². The fraction of sp³-hybridized carbons (Fsp3) is 0.360. The molecule has 180 valence electrons. The van der Waals surface area contributed by atoms with E-state index in [9.17, 15) is 9.59 Å². The van der Waals surface area contributed by atoms with Crippen molar-refractivity contribution in [1.82, 2.24) is 9.66 Å². The van der Waals surface area contributed by atoms with Gasteiger partial charge in [-0.1, -0.05) is 29.8 Å². The molecule has 2 aromatic carbocycles. The van der Waals surface area contributed by atoms with Crippen LogP contribution in [0.15, 0.2) is 50.8 Å². The number of hydrogen-bond donors (Lipinski definition) is 0. The predicted octanol–water partition coefficient (Wildman–Crippen LogP) is 4.56. The molecular formula is C25H29BrN4O4. The van der Waals surface area contributed by atoms with Crippen LogP contribution >= 0.6 is 15.9 Å². The fourth-order valence-electron chi connectivity index (χ4n) is 3.31. The Kier molecular flexibility index (Phi) is 8.09. The van der Waals surface area contributed by atoms with Crippen LogP contribution in [0.1, 0.15) is 44.5 Å². The van der Waals surface area contributed by atoms with E-state index in [1.54, 1.807) is 19.2 Å². The first-order valence-electron chi connectivity index (χ1n) is 11.0. The van der Waals surface area contributed by atoms with Gasteiger partial charge in [0, 0.05) is 41.8 Å². The lowest BCUT2D eigenvalue weighted by molar-refractivity contribution is -0.147. The van der Waals surface area contributed by atoms with E-state index in [0.29, 0.717) is 28.0 Å². The van der Waals surface area contributed by atoms with Gasteiger partial charge in [0.05, 0.1) is 24.2 Å². The van der Waals surface area contributed by atoms with Gasteiger partial charge in [0.2, 0.25) is 0 Å². The first-order chi connectivity index (χ1) is 16.2. The van der Waals surface area contributed by atoms with Crippen LogP contribution in [0.2, 0.25) is 0 Å². The molecule has 2 atom stereocenters. The minimum absolute atomic E-state index is 0.0177. The van der Waals surface area contributed by atoms with Crippen LogP contribution in [0, 0.1) is 0 Å². The summed E-state index contributed by atoms with van der Waals surface area (Å²) in [6.45, 7) is 5.67. The van der Waals surface area contributed by atoms with Gasteiger partial charge in [-0.2, -0.15) is 9.78 Å². The Balaban J connectivity index is 2.14. The lowest BCUT2D eigenvalue weighted by Gasteiger charge is -2.18. The van der Waals surface area contributed by atoms with Gasteiger partial charge in [-0.25, -0.2) is 9.78 Å². The summed E-state index contributed by atoms with van der Waals surface area (Å²) in [5.41, 5.74) is 1.87. The average molecular weight is 529 g/mol. The molecule has 0 amide bonds. The fourth-order valence-corrected chi connectivity index (χ4v) is 3.67. The summed E-state index contributed by atoms with van der Waals surface area (Å²) in [4.78, 5) is 31.9. The average Bonchev–Trinajstić information content (AvgIpc) is 2.82. The molecule has 0 unspecified atom stereocenters. The number of benzene rings is 2. The molecule has 0 N–H and O–H groups in total. The van der Waals surface area contributed by atoms with Crippen LogP contribution in [-0.4, -0.2) is 49.2 Å². The molecule has 9 heteroatoms. The number of nitrogens with zero attached hydrogens (tertiary/aromatic N) is 4. The molecule has 0 saturated carbocycles. The van der Waals surface area contributed by atoms with Gasteiger partial charge in [0.25, 0.3) is 5.56 Å². The van der Waals surface area contributed by atoms with Crippen LogP contribution in [0.4, 0.5) is 5.69 Å². The number of anilines is 1. The van der Waals surface area contributed by atoms with E-state index in [1.807, 2.05) is 63.2 Å². The SMILES string of the molecule is CC[C@H](C)c1nc2ccc(Br)cc2c(=O)n1N=Cc1ccc(N(C)C)cc1O[C@@H](C)C(=O)OC. The third-order valence-corrected chi connectivity index (χ3v) is 6.04. The van der Waals surface area contributed by atoms with Crippen LogP contribution in [0.25, 0.3) is 10.9 Å². The van der Waals surface area contributed by atoms with Crippen LogP contribution in [-0.2, 0) is 9.53 Å². The Bertz CT molecular complexity index is 1290. The number of methoxy groups -OCH3 is 1. The Morgan fingerprint density at radius 2 is 1.97 bits per heavy atom. The normalized spacial score (nSPS) is 13.1. The van der Waals surface area contributed by atoms with Gasteiger partial charge in [0.15, 0.2) is 6.10 Å². The summed E-state index contributed by atoms with van der Waals surface area (Å²) in [6, 6.07) is 11.0. The van der Waals surface area contributed by atoms with Crippen LogP contribution in [0.3, 0.4) is 0 Å². The Morgan fingerprint density at radius 3 is 2.62 bits per heavy atom. The van der Waals surface area contributed by atoms with Crippen molar-refractivity contribution in [2.24, 2.45) is 5.10 Å². The highest BCUT2D eigenvalue weighted by molar-refractivity contribution is 9.10. The number of fused-ring (bicyclic) bond motifs is 1. The molecule has 34 heavy (non-hydrogen) atoms. The third kappa shape index (κ3) is 5.47. The van der Waals surface area contributed by atoms with Crippen LogP contribution < -0.4 is 15.2 Å². The summed E-state index contributed by atoms with van der Waals surface area (Å²) in [5.74, 6) is 0.554. The van der Waals surface area contributed by atoms with Crippen LogP contribution in [0.5, 0.6) is 5.75 Å². The second-order valence-electron chi connectivity index (χ2n) is 8.20. The minimum Gasteiger partial charge on any atom is -0.478 e. The number of ether oxygens (including phenoxy) is 2. The van der Waals surface area contributed by atoms with Crippen molar-refractivity contribution in [2.45, 2.75) is 39.2 Å². The van der Waals surface area contributed by atoms with Gasteiger partial charge < -0.3 is 14.4 Å². The van der Waals surface area contributed by atoms with E-state index in [2.05, 4.69) is 21.0 Å². The molecule has 8 nitrogen and oxygen atoms in total. The maximum Gasteiger partial charge on any atom is 0.346 e. The van der Waals surface area contributed by atoms with E-state index < -0.39 is 12.1 Å². The molecule has 0 fully saturated rings. The van der Waals surface area contributed by atoms with Crippen molar-refractivity contribution >= 4 is 44.7 Å². The smallest absolute Gasteiger partial charge is 0.346 e. The van der Waals surface area contributed by atoms with Crippen molar-refractivity contribution < 1.29 is 14.3 Å². The standard InChI is InChI=1S/C25H29BrN4O4/c1-7-15(2)23-28-21-11-9-18(26)12-20(21)24(31)30(23)27-14-17-8-10-19(29(4)5)13-22(17)34-16(3)25(32)33-6/h8-16H,7H2,1-6H3/t15-,16-/m0/s1. The summed E-state index contributed by atoms with van der Waals surface area (Å²) in [5, 5.41) is 4.99. The van der Waals surface area contributed by atoms with Crippen molar-refractivity contribution in [1.29, 1.82) is 0 Å². The summed E-state index contributed by atoms with van der Waals surface area (Å²) < 4.78 is 12.8. The minimum atomic E-state index is -0.812. The van der Waals surface area contributed by atoms with Crippen molar-refractivity contribution in [3.63, 3.8) is 0 Å². The molecule has 0 spiro atoms. The van der Waals surface area contributed by atoms with E-state index in [1.165, 1.54) is 11.8 Å².